The third kappa shape index (κ3) is 2.45. The van der Waals surface area contributed by atoms with E-state index in [1.54, 1.807) is 18.5 Å². The Morgan fingerprint density at radius 2 is 2.12 bits per heavy atom. The van der Waals surface area contributed by atoms with Gasteiger partial charge in [0, 0.05) is 6.20 Å². The van der Waals surface area contributed by atoms with E-state index in [4.69, 9.17) is 0 Å². The number of aromatic nitrogens is 1. The van der Waals surface area contributed by atoms with Gasteiger partial charge in [-0.05, 0) is 36.8 Å². The Morgan fingerprint density at radius 3 is 2.88 bits per heavy atom. The van der Waals surface area contributed by atoms with Crippen molar-refractivity contribution >= 4 is 11.9 Å². The number of aromatic hydroxyl groups is 1. The van der Waals surface area contributed by atoms with Crippen LogP contribution in [0.3, 0.4) is 0 Å². The van der Waals surface area contributed by atoms with Gasteiger partial charge in [-0.1, -0.05) is 12.1 Å². The summed E-state index contributed by atoms with van der Waals surface area (Å²) in [5, 5.41) is 9.58. The number of phenolic OH excluding ortho intramolecular Hbond substituents is 1. The highest BCUT2D eigenvalue weighted by atomic mass is 16.3. The standard InChI is InChI=1S/C13H12N2O/c1-10-5-6-13(16)12(8-10)15-9-11-4-2-3-7-14-11/h2-9,16H,1H3. The van der Waals surface area contributed by atoms with Gasteiger partial charge >= 0.3 is 0 Å². The van der Waals surface area contributed by atoms with Crippen LogP contribution in [0.25, 0.3) is 0 Å². The third-order valence-electron chi connectivity index (χ3n) is 2.15. The maximum absolute atomic E-state index is 9.58. The first-order valence-corrected chi connectivity index (χ1v) is 5.00. The Kier molecular flexibility index (Phi) is 2.96. The molecule has 1 aromatic heterocycles. The van der Waals surface area contributed by atoms with E-state index in [1.807, 2.05) is 37.3 Å². The molecule has 3 heteroatoms. The van der Waals surface area contributed by atoms with E-state index in [2.05, 4.69) is 9.98 Å². The number of pyridine rings is 1. The summed E-state index contributed by atoms with van der Waals surface area (Å²) in [5.41, 5.74) is 2.39. The highest BCUT2D eigenvalue weighted by molar-refractivity contribution is 5.80. The summed E-state index contributed by atoms with van der Waals surface area (Å²) < 4.78 is 0. The van der Waals surface area contributed by atoms with Gasteiger partial charge in [0.05, 0.1) is 11.9 Å². The van der Waals surface area contributed by atoms with Crippen molar-refractivity contribution in [3.63, 3.8) is 0 Å². The van der Waals surface area contributed by atoms with Crippen LogP contribution in [-0.2, 0) is 0 Å². The summed E-state index contributed by atoms with van der Waals surface area (Å²) in [4.78, 5) is 8.31. The molecule has 0 spiro atoms. The van der Waals surface area contributed by atoms with Gasteiger partial charge in [-0.15, -0.1) is 0 Å². The molecule has 3 nitrogen and oxygen atoms in total. The molecule has 2 rings (SSSR count). The van der Waals surface area contributed by atoms with E-state index in [0.29, 0.717) is 5.69 Å². The number of hydrogen-bond donors (Lipinski definition) is 1. The first-order valence-electron chi connectivity index (χ1n) is 5.00. The molecule has 0 fully saturated rings. The number of rotatable bonds is 2. The van der Waals surface area contributed by atoms with Crippen LogP contribution < -0.4 is 0 Å². The number of nitrogens with zero attached hydrogens (tertiary/aromatic N) is 2. The minimum Gasteiger partial charge on any atom is -0.506 e. The van der Waals surface area contributed by atoms with E-state index < -0.39 is 0 Å². The van der Waals surface area contributed by atoms with Crippen molar-refractivity contribution in [2.45, 2.75) is 6.92 Å². The molecule has 0 atom stereocenters. The van der Waals surface area contributed by atoms with Gasteiger partial charge in [0.2, 0.25) is 0 Å². The topological polar surface area (TPSA) is 45.5 Å². The van der Waals surface area contributed by atoms with Crippen molar-refractivity contribution in [2.75, 3.05) is 0 Å². The Balaban J connectivity index is 2.27. The first-order chi connectivity index (χ1) is 7.75. The highest BCUT2D eigenvalue weighted by Gasteiger charge is 1.98. The Bertz CT molecular complexity index is 507. The fourth-order valence-electron chi connectivity index (χ4n) is 1.32. The average molecular weight is 212 g/mol. The van der Waals surface area contributed by atoms with Crippen LogP contribution in [-0.4, -0.2) is 16.3 Å². The molecule has 0 radical (unpaired) electrons. The SMILES string of the molecule is Cc1ccc(O)c(N=Cc2ccccn2)c1. The lowest BCUT2D eigenvalue weighted by Crippen LogP contribution is -1.84. The summed E-state index contributed by atoms with van der Waals surface area (Å²) in [5.74, 6) is 0.179. The molecule has 16 heavy (non-hydrogen) atoms. The zero-order valence-corrected chi connectivity index (χ0v) is 8.96. The fourth-order valence-corrected chi connectivity index (χ4v) is 1.32. The molecule has 0 unspecified atom stereocenters. The summed E-state index contributed by atoms with van der Waals surface area (Å²) in [7, 11) is 0. The normalized spacial score (nSPS) is 10.8. The van der Waals surface area contributed by atoms with Crippen LogP contribution >= 0.6 is 0 Å². The van der Waals surface area contributed by atoms with Crippen LogP contribution in [0, 0.1) is 6.92 Å². The second kappa shape index (κ2) is 4.57. The molecule has 0 aliphatic heterocycles. The Labute approximate surface area is 94.1 Å². The number of benzene rings is 1. The van der Waals surface area contributed by atoms with Crippen molar-refractivity contribution in [3.8, 4) is 5.75 Å². The molecule has 2 aromatic rings. The quantitative estimate of drug-likeness (QED) is 0.778. The van der Waals surface area contributed by atoms with Gasteiger partial charge in [0.15, 0.2) is 0 Å². The van der Waals surface area contributed by atoms with Crippen molar-refractivity contribution < 1.29 is 5.11 Å². The predicted octanol–water partition coefficient (Wildman–Crippen LogP) is 2.85. The number of aliphatic imine (C=N–C) groups is 1. The minimum absolute atomic E-state index is 0.179. The second-order valence-electron chi connectivity index (χ2n) is 3.50. The zero-order valence-electron chi connectivity index (χ0n) is 8.96. The van der Waals surface area contributed by atoms with Gasteiger partial charge in [-0.3, -0.25) is 9.98 Å². The van der Waals surface area contributed by atoms with Crippen LogP contribution in [0.1, 0.15) is 11.3 Å². The smallest absolute Gasteiger partial charge is 0.141 e. The second-order valence-corrected chi connectivity index (χ2v) is 3.50. The van der Waals surface area contributed by atoms with Gasteiger partial charge in [0.25, 0.3) is 0 Å². The molecular formula is C13H12N2O. The average Bonchev–Trinajstić information content (AvgIpc) is 2.32. The van der Waals surface area contributed by atoms with E-state index >= 15 is 0 Å². The number of hydrogen-bond acceptors (Lipinski definition) is 3. The molecule has 0 bridgehead atoms. The Hall–Kier alpha value is -2.16. The summed E-state index contributed by atoms with van der Waals surface area (Å²) >= 11 is 0. The lowest BCUT2D eigenvalue weighted by molar-refractivity contribution is 0.477. The van der Waals surface area contributed by atoms with Crippen LogP contribution in [0.2, 0.25) is 0 Å². The van der Waals surface area contributed by atoms with Crippen molar-refractivity contribution in [1.82, 2.24) is 4.98 Å². The molecule has 0 amide bonds. The Morgan fingerprint density at radius 1 is 1.25 bits per heavy atom. The maximum Gasteiger partial charge on any atom is 0.141 e. The van der Waals surface area contributed by atoms with Gasteiger partial charge in [-0.2, -0.15) is 0 Å². The summed E-state index contributed by atoms with van der Waals surface area (Å²) in [6.07, 6.45) is 3.34. The first kappa shape index (κ1) is 10.4. The molecule has 0 aliphatic carbocycles. The van der Waals surface area contributed by atoms with Crippen LogP contribution in [0.5, 0.6) is 5.75 Å². The highest BCUT2D eigenvalue weighted by Crippen LogP contribution is 2.26. The number of phenols is 1. The summed E-state index contributed by atoms with van der Waals surface area (Å²) in [6.45, 7) is 1.96. The monoisotopic (exact) mass is 212 g/mol. The van der Waals surface area contributed by atoms with E-state index in [-0.39, 0.29) is 5.75 Å². The van der Waals surface area contributed by atoms with Gasteiger partial charge in [-0.25, -0.2) is 0 Å². The van der Waals surface area contributed by atoms with Gasteiger partial charge < -0.3 is 5.11 Å². The number of aryl methyl sites for hydroxylation is 1. The fraction of sp³-hybridized carbons (Fsp3) is 0.0769. The molecule has 1 heterocycles. The molecule has 80 valence electrons. The van der Waals surface area contributed by atoms with Crippen molar-refractivity contribution in [3.05, 3.63) is 53.9 Å². The van der Waals surface area contributed by atoms with Crippen molar-refractivity contribution in [2.24, 2.45) is 4.99 Å². The molecule has 1 aromatic carbocycles. The lowest BCUT2D eigenvalue weighted by atomic mass is 10.2. The molecule has 0 saturated carbocycles. The van der Waals surface area contributed by atoms with Crippen LogP contribution in [0.4, 0.5) is 5.69 Å². The van der Waals surface area contributed by atoms with Crippen LogP contribution in [0.15, 0.2) is 47.6 Å². The van der Waals surface area contributed by atoms with Gasteiger partial charge in [0.1, 0.15) is 11.4 Å². The largest absolute Gasteiger partial charge is 0.506 e. The minimum atomic E-state index is 0.179. The van der Waals surface area contributed by atoms with E-state index in [9.17, 15) is 5.11 Å². The molecule has 0 saturated heterocycles. The van der Waals surface area contributed by atoms with Crippen molar-refractivity contribution in [1.29, 1.82) is 0 Å². The molecule has 1 N–H and O–H groups in total. The molecule has 0 aliphatic rings. The lowest BCUT2D eigenvalue weighted by Gasteiger charge is -1.99. The van der Waals surface area contributed by atoms with E-state index in [1.165, 1.54) is 0 Å². The predicted molar refractivity (Wildman–Crippen MR) is 64.3 cm³/mol. The van der Waals surface area contributed by atoms with E-state index in [0.717, 1.165) is 11.3 Å². The third-order valence-corrected chi connectivity index (χ3v) is 2.15. The molecular weight excluding hydrogens is 200 g/mol. The zero-order chi connectivity index (χ0) is 11.4. The maximum atomic E-state index is 9.58. The summed E-state index contributed by atoms with van der Waals surface area (Å²) in [6, 6.07) is 10.9.